The van der Waals surface area contributed by atoms with Crippen LogP contribution in [0.25, 0.3) is 0 Å². The van der Waals surface area contributed by atoms with Gasteiger partial charge in [0.15, 0.2) is 0 Å². The number of halogens is 3. The summed E-state index contributed by atoms with van der Waals surface area (Å²) in [5, 5.41) is 11.8. The maximum absolute atomic E-state index is 12.6. The number of amides is 1. The fraction of sp³-hybridized carbons (Fsp3) is 0.929. The van der Waals surface area contributed by atoms with Gasteiger partial charge in [-0.2, -0.15) is 13.2 Å². The van der Waals surface area contributed by atoms with E-state index < -0.39 is 12.1 Å². The Labute approximate surface area is 117 Å². The molecule has 118 valence electrons. The third-order valence-corrected chi connectivity index (χ3v) is 4.13. The van der Waals surface area contributed by atoms with E-state index in [1.165, 1.54) is 0 Å². The van der Waals surface area contributed by atoms with Crippen molar-refractivity contribution in [2.75, 3.05) is 6.61 Å². The lowest BCUT2D eigenvalue weighted by atomic mass is 9.81. The van der Waals surface area contributed by atoms with Gasteiger partial charge in [0.2, 0.25) is 5.91 Å². The second-order valence-corrected chi connectivity index (χ2v) is 5.96. The zero-order valence-electron chi connectivity index (χ0n) is 12.0. The van der Waals surface area contributed by atoms with Crippen molar-refractivity contribution in [2.45, 2.75) is 58.2 Å². The van der Waals surface area contributed by atoms with E-state index in [2.05, 4.69) is 5.32 Å². The highest BCUT2D eigenvalue weighted by Gasteiger charge is 2.42. The van der Waals surface area contributed by atoms with E-state index >= 15 is 0 Å². The molecule has 3 nitrogen and oxygen atoms in total. The first-order valence-electron chi connectivity index (χ1n) is 7.23. The summed E-state index contributed by atoms with van der Waals surface area (Å²) in [6.45, 7) is 3.88. The Hall–Kier alpha value is -0.780. The molecule has 0 bridgehead atoms. The average molecular weight is 295 g/mol. The van der Waals surface area contributed by atoms with Gasteiger partial charge >= 0.3 is 6.18 Å². The van der Waals surface area contributed by atoms with Gasteiger partial charge in [-0.05, 0) is 38.0 Å². The fourth-order valence-corrected chi connectivity index (χ4v) is 2.69. The number of aliphatic hydroxyl groups is 1. The minimum atomic E-state index is -4.14. The third-order valence-electron chi connectivity index (χ3n) is 4.13. The van der Waals surface area contributed by atoms with E-state index in [4.69, 9.17) is 5.11 Å². The second kappa shape index (κ2) is 7.29. The quantitative estimate of drug-likeness (QED) is 0.819. The number of carbonyl (C=O) groups excluding carboxylic acids is 1. The van der Waals surface area contributed by atoms with Crippen LogP contribution in [0.4, 0.5) is 13.2 Å². The van der Waals surface area contributed by atoms with Crippen molar-refractivity contribution in [3.63, 3.8) is 0 Å². The van der Waals surface area contributed by atoms with E-state index in [9.17, 15) is 18.0 Å². The number of hydrogen-bond acceptors (Lipinski definition) is 2. The summed E-state index contributed by atoms with van der Waals surface area (Å²) < 4.78 is 37.7. The fourth-order valence-electron chi connectivity index (χ4n) is 2.69. The van der Waals surface area contributed by atoms with E-state index in [-0.39, 0.29) is 43.2 Å². The van der Waals surface area contributed by atoms with Crippen LogP contribution in [-0.4, -0.2) is 29.8 Å². The molecule has 0 aliphatic heterocycles. The van der Waals surface area contributed by atoms with Crippen LogP contribution < -0.4 is 5.32 Å². The lowest BCUT2D eigenvalue weighted by Gasteiger charge is -2.31. The molecule has 1 aliphatic carbocycles. The zero-order valence-corrected chi connectivity index (χ0v) is 12.0. The molecule has 0 heterocycles. The topological polar surface area (TPSA) is 49.3 Å². The molecule has 1 amide bonds. The molecule has 1 unspecified atom stereocenters. The van der Waals surface area contributed by atoms with E-state index in [1.807, 2.05) is 13.8 Å². The Morgan fingerprint density at radius 1 is 1.25 bits per heavy atom. The van der Waals surface area contributed by atoms with E-state index in [1.54, 1.807) is 0 Å². The molecule has 1 saturated carbocycles. The van der Waals surface area contributed by atoms with Gasteiger partial charge in [0.25, 0.3) is 0 Å². The molecular weight excluding hydrogens is 271 g/mol. The van der Waals surface area contributed by atoms with Gasteiger partial charge in [0.1, 0.15) is 0 Å². The lowest BCUT2D eigenvalue weighted by molar-refractivity contribution is -0.184. The van der Waals surface area contributed by atoms with Crippen LogP contribution in [0.5, 0.6) is 0 Å². The average Bonchev–Trinajstić information content (AvgIpc) is 2.37. The highest BCUT2D eigenvalue weighted by molar-refractivity contribution is 5.79. The first kappa shape index (κ1) is 17.3. The van der Waals surface area contributed by atoms with Crippen molar-refractivity contribution >= 4 is 5.91 Å². The summed E-state index contributed by atoms with van der Waals surface area (Å²) >= 11 is 0. The summed E-state index contributed by atoms with van der Waals surface area (Å²) in [6.07, 6.45) is -3.01. The predicted molar refractivity (Wildman–Crippen MR) is 70.0 cm³/mol. The molecule has 0 radical (unpaired) electrons. The standard InChI is InChI=1S/C14H24F3NO2/c1-9(2)12(7-8-19)18-13(20)10-3-5-11(6-4-10)14(15,16)17/h9-12,19H,3-8H2,1-2H3,(H,18,20). The molecular formula is C14H24F3NO2. The molecule has 6 heteroatoms. The van der Waals surface area contributed by atoms with Crippen LogP contribution >= 0.6 is 0 Å². The van der Waals surface area contributed by atoms with Crippen molar-refractivity contribution in [1.82, 2.24) is 5.32 Å². The zero-order chi connectivity index (χ0) is 15.3. The first-order chi connectivity index (χ1) is 9.25. The van der Waals surface area contributed by atoms with Crippen LogP contribution in [0, 0.1) is 17.8 Å². The van der Waals surface area contributed by atoms with Crippen molar-refractivity contribution in [3.05, 3.63) is 0 Å². The molecule has 0 aromatic carbocycles. The smallest absolute Gasteiger partial charge is 0.391 e. The van der Waals surface area contributed by atoms with Gasteiger partial charge in [-0.15, -0.1) is 0 Å². The van der Waals surface area contributed by atoms with Crippen molar-refractivity contribution in [1.29, 1.82) is 0 Å². The molecule has 2 N–H and O–H groups in total. The molecule has 0 saturated heterocycles. The van der Waals surface area contributed by atoms with Gasteiger partial charge in [-0.25, -0.2) is 0 Å². The molecule has 1 atom stereocenters. The third kappa shape index (κ3) is 4.96. The van der Waals surface area contributed by atoms with Gasteiger partial charge < -0.3 is 10.4 Å². The normalized spacial score (nSPS) is 25.6. The first-order valence-corrected chi connectivity index (χ1v) is 7.23. The van der Waals surface area contributed by atoms with E-state index in [0.29, 0.717) is 19.3 Å². The number of carbonyl (C=O) groups is 1. The summed E-state index contributed by atoms with van der Waals surface area (Å²) in [5.74, 6) is -1.56. The lowest BCUT2D eigenvalue weighted by Crippen LogP contribution is -2.43. The van der Waals surface area contributed by atoms with Gasteiger partial charge in [-0.3, -0.25) is 4.79 Å². The van der Waals surface area contributed by atoms with Crippen molar-refractivity contribution in [3.8, 4) is 0 Å². The molecule has 20 heavy (non-hydrogen) atoms. The van der Waals surface area contributed by atoms with E-state index in [0.717, 1.165) is 0 Å². The molecule has 1 rings (SSSR count). The van der Waals surface area contributed by atoms with Crippen LogP contribution in [-0.2, 0) is 4.79 Å². The van der Waals surface area contributed by atoms with Crippen LogP contribution in [0.1, 0.15) is 46.0 Å². The number of hydrogen-bond donors (Lipinski definition) is 2. The van der Waals surface area contributed by atoms with Crippen LogP contribution in [0.3, 0.4) is 0 Å². The summed E-state index contributed by atoms with van der Waals surface area (Å²) in [6, 6.07) is -0.118. The Bertz CT molecular complexity index is 310. The number of aliphatic hydroxyl groups excluding tert-OH is 1. The van der Waals surface area contributed by atoms with Crippen molar-refractivity contribution < 1.29 is 23.1 Å². The van der Waals surface area contributed by atoms with Crippen LogP contribution in [0.2, 0.25) is 0 Å². The Morgan fingerprint density at radius 2 is 1.80 bits per heavy atom. The molecule has 1 fully saturated rings. The summed E-state index contributed by atoms with van der Waals surface area (Å²) in [5.41, 5.74) is 0. The van der Waals surface area contributed by atoms with Crippen molar-refractivity contribution in [2.24, 2.45) is 17.8 Å². The Morgan fingerprint density at radius 3 is 2.20 bits per heavy atom. The van der Waals surface area contributed by atoms with Gasteiger partial charge in [0, 0.05) is 18.6 Å². The minimum absolute atomic E-state index is 0.00998. The molecule has 0 aromatic rings. The highest BCUT2D eigenvalue weighted by Crippen LogP contribution is 2.39. The number of nitrogens with one attached hydrogen (secondary N) is 1. The van der Waals surface area contributed by atoms with Gasteiger partial charge in [0.05, 0.1) is 5.92 Å². The monoisotopic (exact) mass is 295 g/mol. The Balaban J connectivity index is 2.46. The summed E-state index contributed by atoms with van der Waals surface area (Å²) in [4.78, 5) is 12.1. The minimum Gasteiger partial charge on any atom is -0.396 e. The maximum Gasteiger partial charge on any atom is 0.391 e. The molecule has 1 aliphatic rings. The molecule has 0 aromatic heterocycles. The molecule has 0 spiro atoms. The predicted octanol–water partition coefficient (Wildman–Crippen LogP) is 2.88. The number of alkyl halides is 3. The van der Waals surface area contributed by atoms with Gasteiger partial charge in [-0.1, -0.05) is 13.8 Å². The SMILES string of the molecule is CC(C)C(CCO)NC(=O)C1CCC(C(F)(F)F)CC1. The summed E-state index contributed by atoms with van der Waals surface area (Å²) in [7, 11) is 0. The second-order valence-electron chi connectivity index (χ2n) is 5.96. The maximum atomic E-state index is 12.6. The largest absolute Gasteiger partial charge is 0.396 e. The highest BCUT2D eigenvalue weighted by atomic mass is 19.4. The van der Waals surface area contributed by atoms with Crippen LogP contribution in [0.15, 0.2) is 0 Å². The number of rotatable bonds is 5. The Kier molecular flexibility index (Phi) is 6.30.